The first-order valence-electron chi connectivity index (χ1n) is 8.78. The molecule has 3 aliphatic rings. The number of thiazole rings is 1. The first-order valence-corrected chi connectivity index (χ1v) is 9.60. The zero-order chi connectivity index (χ0) is 14.3. The molecule has 1 atom stereocenters. The van der Waals surface area contributed by atoms with Crippen molar-refractivity contribution in [1.29, 1.82) is 0 Å². The van der Waals surface area contributed by atoms with Gasteiger partial charge < -0.3 is 10.2 Å². The number of aryl methyl sites for hydroxylation is 2. The maximum atomic E-state index is 5.10. The highest BCUT2D eigenvalue weighted by Gasteiger charge is 2.41. The number of nitrogens with zero attached hydrogens (tertiary/aromatic N) is 2. The SMILES string of the molecule is CCN1CCCC(NC2CC2)(c2nc3c(s2)CCC3)CC1. The fourth-order valence-electron chi connectivity index (χ4n) is 3.94. The van der Waals surface area contributed by atoms with Gasteiger partial charge >= 0.3 is 0 Å². The quantitative estimate of drug-likeness (QED) is 0.926. The lowest BCUT2D eigenvalue weighted by molar-refractivity contribution is 0.261. The monoisotopic (exact) mass is 305 g/mol. The topological polar surface area (TPSA) is 28.2 Å². The molecule has 2 fully saturated rings. The number of aromatic nitrogens is 1. The highest BCUT2D eigenvalue weighted by molar-refractivity contribution is 7.12. The predicted molar refractivity (Wildman–Crippen MR) is 87.9 cm³/mol. The molecule has 0 spiro atoms. The highest BCUT2D eigenvalue weighted by Crippen LogP contribution is 2.41. The van der Waals surface area contributed by atoms with E-state index in [1.54, 1.807) is 4.88 Å². The Bertz CT molecular complexity index is 487. The largest absolute Gasteiger partial charge is 0.304 e. The minimum atomic E-state index is 0.181. The molecule has 0 bridgehead atoms. The van der Waals surface area contributed by atoms with E-state index >= 15 is 0 Å². The van der Waals surface area contributed by atoms with E-state index in [0.717, 1.165) is 6.04 Å². The minimum absolute atomic E-state index is 0.181. The van der Waals surface area contributed by atoms with Gasteiger partial charge in [-0.25, -0.2) is 4.98 Å². The van der Waals surface area contributed by atoms with E-state index in [9.17, 15) is 0 Å². The molecule has 1 unspecified atom stereocenters. The third kappa shape index (κ3) is 2.78. The molecule has 2 heterocycles. The standard InChI is InChI=1S/C17H27N3S/c1-2-20-11-4-9-17(10-12-20,19-13-7-8-13)16-18-14-5-3-6-15(14)21-16/h13,19H,2-12H2,1H3. The van der Waals surface area contributed by atoms with E-state index in [1.807, 2.05) is 11.3 Å². The fourth-order valence-corrected chi connectivity index (χ4v) is 5.30. The molecule has 1 aromatic rings. The molecule has 21 heavy (non-hydrogen) atoms. The molecular weight excluding hydrogens is 278 g/mol. The first kappa shape index (κ1) is 14.2. The van der Waals surface area contributed by atoms with Gasteiger partial charge in [0.15, 0.2) is 0 Å². The molecule has 4 heteroatoms. The van der Waals surface area contributed by atoms with Gasteiger partial charge in [-0.15, -0.1) is 11.3 Å². The summed E-state index contributed by atoms with van der Waals surface area (Å²) in [4.78, 5) is 9.29. The molecule has 116 valence electrons. The van der Waals surface area contributed by atoms with E-state index in [-0.39, 0.29) is 5.54 Å². The van der Waals surface area contributed by atoms with Crippen LogP contribution in [-0.4, -0.2) is 35.6 Å². The second kappa shape index (κ2) is 5.64. The maximum absolute atomic E-state index is 5.10. The van der Waals surface area contributed by atoms with Gasteiger partial charge in [-0.2, -0.15) is 0 Å². The Labute approximate surface area is 132 Å². The van der Waals surface area contributed by atoms with Crippen LogP contribution in [0, 0.1) is 0 Å². The zero-order valence-electron chi connectivity index (χ0n) is 13.2. The second-order valence-corrected chi connectivity index (χ2v) is 8.11. The van der Waals surface area contributed by atoms with Crippen molar-refractivity contribution in [2.45, 2.75) is 69.9 Å². The van der Waals surface area contributed by atoms with Gasteiger partial charge in [0.1, 0.15) is 5.01 Å². The van der Waals surface area contributed by atoms with Crippen LogP contribution >= 0.6 is 11.3 Å². The van der Waals surface area contributed by atoms with Crippen LogP contribution in [-0.2, 0) is 18.4 Å². The summed E-state index contributed by atoms with van der Waals surface area (Å²) in [5.41, 5.74) is 1.60. The van der Waals surface area contributed by atoms with Crippen LogP contribution in [0.3, 0.4) is 0 Å². The van der Waals surface area contributed by atoms with Crippen molar-refractivity contribution < 1.29 is 0 Å². The van der Waals surface area contributed by atoms with E-state index in [4.69, 9.17) is 4.98 Å². The van der Waals surface area contributed by atoms with Gasteiger partial charge in [0.25, 0.3) is 0 Å². The molecule has 0 amide bonds. The lowest BCUT2D eigenvalue weighted by Crippen LogP contribution is -2.44. The van der Waals surface area contributed by atoms with Gasteiger partial charge in [0.05, 0.1) is 11.2 Å². The van der Waals surface area contributed by atoms with E-state index in [2.05, 4.69) is 17.1 Å². The molecule has 1 saturated carbocycles. The number of fused-ring (bicyclic) bond motifs is 1. The third-order valence-electron chi connectivity index (χ3n) is 5.44. The highest BCUT2D eigenvalue weighted by atomic mass is 32.1. The van der Waals surface area contributed by atoms with Crippen molar-refractivity contribution in [2.24, 2.45) is 0 Å². The molecule has 1 N–H and O–H groups in total. The van der Waals surface area contributed by atoms with Gasteiger partial charge in [0, 0.05) is 17.5 Å². The average molecular weight is 305 g/mol. The Kier molecular flexibility index (Phi) is 3.80. The van der Waals surface area contributed by atoms with Gasteiger partial charge in [-0.3, -0.25) is 0 Å². The van der Waals surface area contributed by atoms with Crippen LogP contribution in [0.5, 0.6) is 0 Å². The molecule has 1 aromatic heterocycles. The minimum Gasteiger partial charge on any atom is -0.304 e. The van der Waals surface area contributed by atoms with E-state index in [1.165, 1.54) is 81.7 Å². The smallest absolute Gasteiger partial charge is 0.113 e. The molecule has 0 radical (unpaired) electrons. The van der Waals surface area contributed by atoms with Crippen molar-refractivity contribution in [3.8, 4) is 0 Å². The number of hydrogen-bond donors (Lipinski definition) is 1. The summed E-state index contributed by atoms with van der Waals surface area (Å²) in [6.45, 7) is 5.96. The van der Waals surface area contributed by atoms with E-state index in [0.29, 0.717) is 0 Å². The normalized spacial score (nSPS) is 30.3. The summed E-state index contributed by atoms with van der Waals surface area (Å²) < 4.78 is 0. The van der Waals surface area contributed by atoms with Crippen LogP contribution in [0.15, 0.2) is 0 Å². The molecule has 4 rings (SSSR count). The molecular formula is C17H27N3S. The maximum Gasteiger partial charge on any atom is 0.113 e. The zero-order valence-corrected chi connectivity index (χ0v) is 14.0. The third-order valence-corrected chi connectivity index (χ3v) is 6.80. The Morgan fingerprint density at radius 1 is 1.24 bits per heavy atom. The van der Waals surface area contributed by atoms with Crippen LogP contribution in [0.4, 0.5) is 0 Å². The fraction of sp³-hybridized carbons (Fsp3) is 0.824. The van der Waals surface area contributed by atoms with E-state index < -0.39 is 0 Å². The van der Waals surface area contributed by atoms with Gasteiger partial charge in [-0.1, -0.05) is 6.92 Å². The summed E-state index contributed by atoms with van der Waals surface area (Å²) in [6.07, 6.45) is 10.4. The summed E-state index contributed by atoms with van der Waals surface area (Å²) in [5.74, 6) is 0. The van der Waals surface area contributed by atoms with Crippen molar-refractivity contribution in [2.75, 3.05) is 19.6 Å². The second-order valence-electron chi connectivity index (χ2n) is 7.03. The molecule has 3 nitrogen and oxygen atoms in total. The van der Waals surface area contributed by atoms with Crippen molar-refractivity contribution in [3.63, 3.8) is 0 Å². The van der Waals surface area contributed by atoms with Crippen LogP contribution < -0.4 is 5.32 Å². The summed E-state index contributed by atoms with van der Waals surface area (Å²) >= 11 is 2.02. The summed E-state index contributed by atoms with van der Waals surface area (Å²) in [6, 6.07) is 0.761. The first-order chi connectivity index (χ1) is 10.3. The number of nitrogens with one attached hydrogen (secondary N) is 1. The number of rotatable bonds is 4. The van der Waals surface area contributed by atoms with Crippen LogP contribution in [0.25, 0.3) is 0 Å². The lowest BCUT2D eigenvalue weighted by atomic mass is 9.91. The molecule has 2 aliphatic carbocycles. The van der Waals surface area contributed by atoms with Crippen molar-refractivity contribution in [3.05, 3.63) is 15.6 Å². The number of likely N-dealkylation sites (tertiary alicyclic amines) is 1. The molecule has 1 saturated heterocycles. The number of hydrogen-bond acceptors (Lipinski definition) is 4. The lowest BCUT2D eigenvalue weighted by Gasteiger charge is -2.32. The van der Waals surface area contributed by atoms with Crippen LogP contribution in [0.1, 0.15) is 61.0 Å². The molecule has 0 aromatic carbocycles. The summed E-state index contributed by atoms with van der Waals surface area (Å²) in [7, 11) is 0. The van der Waals surface area contributed by atoms with Crippen LogP contribution in [0.2, 0.25) is 0 Å². The van der Waals surface area contributed by atoms with Gasteiger partial charge in [0.2, 0.25) is 0 Å². The summed E-state index contributed by atoms with van der Waals surface area (Å²) in [5, 5.41) is 5.43. The van der Waals surface area contributed by atoms with Crippen molar-refractivity contribution in [1.82, 2.24) is 15.2 Å². The van der Waals surface area contributed by atoms with Gasteiger partial charge in [-0.05, 0) is 64.5 Å². The Hall–Kier alpha value is -0.450. The van der Waals surface area contributed by atoms with Crippen molar-refractivity contribution >= 4 is 11.3 Å². The predicted octanol–water partition coefficient (Wildman–Crippen LogP) is 3.08. The Morgan fingerprint density at radius 3 is 2.90 bits per heavy atom. The average Bonchev–Trinajstić information content (AvgIpc) is 3.09. The Morgan fingerprint density at radius 2 is 2.14 bits per heavy atom. The Balaban J connectivity index is 1.62. The molecule has 1 aliphatic heterocycles.